The molecule has 11 heavy (non-hydrogen) atoms. The molecule has 1 aliphatic carbocycles. The van der Waals surface area contributed by atoms with Gasteiger partial charge >= 0.3 is 0 Å². The second kappa shape index (κ2) is 2.01. The molecule has 64 valence electrons. The Hall–Kier alpha value is -0.0400. The van der Waals surface area contributed by atoms with Gasteiger partial charge in [-0.05, 0) is 37.1 Å². The van der Waals surface area contributed by atoms with Crippen LogP contribution < -0.4 is 0 Å². The van der Waals surface area contributed by atoms with Crippen molar-refractivity contribution in [2.75, 3.05) is 20.1 Å². The van der Waals surface area contributed by atoms with Gasteiger partial charge in [-0.1, -0.05) is 13.8 Å². The molecule has 1 heteroatoms. The second-order valence-electron chi connectivity index (χ2n) is 5.51. The smallest absolute Gasteiger partial charge is 0.00476 e. The number of rotatable bonds is 0. The van der Waals surface area contributed by atoms with Crippen LogP contribution in [0.3, 0.4) is 0 Å². The van der Waals surface area contributed by atoms with Crippen LogP contribution in [0, 0.1) is 10.8 Å². The van der Waals surface area contributed by atoms with Crippen LogP contribution in [0.5, 0.6) is 0 Å². The number of hydrogen-bond donors (Lipinski definition) is 0. The molecule has 2 rings (SSSR count). The lowest BCUT2D eigenvalue weighted by Crippen LogP contribution is -2.52. The summed E-state index contributed by atoms with van der Waals surface area (Å²) in [7, 11) is 2.23. The normalized spacial score (nSPS) is 34.1. The predicted octanol–water partition coefficient (Wildman–Crippen LogP) is 2.13. The van der Waals surface area contributed by atoms with Crippen LogP contribution in [0.4, 0.5) is 0 Å². The molecule has 1 saturated carbocycles. The molecule has 0 aromatic heterocycles. The lowest BCUT2D eigenvalue weighted by Gasteiger charge is -2.47. The number of hydrogen-bond acceptors (Lipinski definition) is 1. The summed E-state index contributed by atoms with van der Waals surface area (Å²) in [6.45, 7) is 7.55. The van der Waals surface area contributed by atoms with Crippen LogP contribution in [-0.2, 0) is 0 Å². The molecule has 0 amide bonds. The Kier molecular flexibility index (Phi) is 1.39. The van der Waals surface area contributed by atoms with E-state index in [-0.39, 0.29) is 0 Å². The minimum atomic E-state index is 0.640. The van der Waals surface area contributed by atoms with Crippen molar-refractivity contribution >= 4 is 0 Å². The van der Waals surface area contributed by atoms with Gasteiger partial charge in [0.25, 0.3) is 0 Å². The first kappa shape index (κ1) is 7.60. The highest BCUT2D eigenvalue weighted by atomic mass is 15.2. The SMILES string of the molecule is CN1CC2(CCC(C)(C)C2)C1. The first-order valence-corrected chi connectivity index (χ1v) is 4.70. The third-order valence-corrected chi connectivity index (χ3v) is 3.40. The molecule has 0 bridgehead atoms. The Morgan fingerprint density at radius 3 is 2.09 bits per heavy atom. The summed E-state index contributed by atoms with van der Waals surface area (Å²) in [4.78, 5) is 2.45. The van der Waals surface area contributed by atoms with Gasteiger partial charge in [-0.2, -0.15) is 0 Å². The highest BCUT2D eigenvalue weighted by molar-refractivity contribution is 5.01. The van der Waals surface area contributed by atoms with E-state index in [1.807, 2.05) is 0 Å². The van der Waals surface area contributed by atoms with Crippen molar-refractivity contribution in [1.29, 1.82) is 0 Å². The maximum absolute atomic E-state index is 2.45. The number of nitrogens with zero attached hydrogens (tertiary/aromatic N) is 1. The Labute approximate surface area is 69.8 Å². The first-order valence-electron chi connectivity index (χ1n) is 4.70. The Morgan fingerprint density at radius 1 is 1.09 bits per heavy atom. The van der Waals surface area contributed by atoms with Gasteiger partial charge in [0.05, 0.1) is 0 Å². The van der Waals surface area contributed by atoms with Crippen molar-refractivity contribution in [2.45, 2.75) is 33.1 Å². The predicted molar refractivity (Wildman–Crippen MR) is 47.6 cm³/mol. The topological polar surface area (TPSA) is 3.24 Å². The molecule has 0 atom stereocenters. The lowest BCUT2D eigenvalue weighted by molar-refractivity contribution is 0.0201. The van der Waals surface area contributed by atoms with E-state index in [2.05, 4.69) is 25.8 Å². The van der Waals surface area contributed by atoms with Crippen LogP contribution in [-0.4, -0.2) is 25.0 Å². The first-order chi connectivity index (χ1) is 5.02. The molecule has 1 heterocycles. The summed E-state index contributed by atoms with van der Waals surface area (Å²) in [5.74, 6) is 0. The van der Waals surface area contributed by atoms with E-state index >= 15 is 0 Å². The van der Waals surface area contributed by atoms with Crippen molar-refractivity contribution in [3.05, 3.63) is 0 Å². The fourth-order valence-electron chi connectivity index (χ4n) is 3.16. The Balaban J connectivity index is 2.00. The monoisotopic (exact) mass is 153 g/mol. The average molecular weight is 153 g/mol. The molecular weight excluding hydrogens is 134 g/mol. The molecule has 2 aliphatic rings. The molecule has 1 saturated heterocycles. The van der Waals surface area contributed by atoms with Gasteiger partial charge in [0, 0.05) is 13.1 Å². The summed E-state index contributed by atoms with van der Waals surface area (Å²) in [6.07, 6.45) is 4.38. The van der Waals surface area contributed by atoms with E-state index < -0.39 is 0 Å². The maximum Gasteiger partial charge on any atom is 0.00476 e. The van der Waals surface area contributed by atoms with Crippen molar-refractivity contribution in [1.82, 2.24) is 4.90 Å². The Bertz CT molecular complexity index is 166. The zero-order valence-corrected chi connectivity index (χ0v) is 7.98. The quantitative estimate of drug-likeness (QED) is 0.515. The van der Waals surface area contributed by atoms with Crippen LogP contribution in [0.25, 0.3) is 0 Å². The summed E-state index contributed by atoms with van der Waals surface area (Å²) in [5.41, 5.74) is 1.39. The molecular formula is C10H19N. The largest absolute Gasteiger partial charge is 0.305 e. The van der Waals surface area contributed by atoms with Gasteiger partial charge in [0.15, 0.2) is 0 Å². The highest BCUT2D eigenvalue weighted by Crippen LogP contribution is 2.53. The number of likely N-dealkylation sites (tertiary alicyclic amines) is 1. The maximum atomic E-state index is 2.45. The van der Waals surface area contributed by atoms with Gasteiger partial charge in [0.1, 0.15) is 0 Å². The van der Waals surface area contributed by atoms with E-state index in [1.54, 1.807) is 0 Å². The molecule has 0 N–H and O–H groups in total. The lowest BCUT2D eigenvalue weighted by atomic mass is 9.76. The van der Waals surface area contributed by atoms with Crippen LogP contribution in [0.2, 0.25) is 0 Å². The van der Waals surface area contributed by atoms with Gasteiger partial charge < -0.3 is 4.90 Å². The fourth-order valence-corrected chi connectivity index (χ4v) is 3.16. The van der Waals surface area contributed by atoms with Crippen molar-refractivity contribution < 1.29 is 0 Å². The molecule has 0 unspecified atom stereocenters. The zero-order chi connectivity index (χ0) is 8.11. The van der Waals surface area contributed by atoms with Gasteiger partial charge in [-0.15, -0.1) is 0 Å². The summed E-state index contributed by atoms with van der Waals surface area (Å²) in [5, 5.41) is 0. The molecule has 1 spiro atoms. The molecule has 0 radical (unpaired) electrons. The second-order valence-corrected chi connectivity index (χ2v) is 5.51. The summed E-state index contributed by atoms with van der Waals surface area (Å²) < 4.78 is 0. The van der Waals surface area contributed by atoms with Gasteiger partial charge in [-0.25, -0.2) is 0 Å². The average Bonchev–Trinajstić information content (AvgIpc) is 2.05. The fraction of sp³-hybridized carbons (Fsp3) is 1.00. The van der Waals surface area contributed by atoms with Crippen molar-refractivity contribution in [3.8, 4) is 0 Å². The molecule has 1 aliphatic heterocycles. The Morgan fingerprint density at radius 2 is 1.73 bits per heavy atom. The van der Waals surface area contributed by atoms with E-state index in [9.17, 15) is 0 Å². The van der Waals surface area contributed by atoms with Crippen molar-refractivity contribution in [3.63, 3.8) is 0 Å². The third-order valence-electron chi connectivity index (χ3n) is 3.40. The van der Waals surface area contributed by atoms with Crippen LogP contribution in [0.1, 0.15) is 33.1 Å². The minimum absolute atomic E-state index is 0.640. The highest BCUT2D eigenvalue weighted by Gasteiger charge is 2.49. The van der Waals surface area contributed by atoms with Crippen LogP contribution in [0.15, 0.2) is 0 Å². The molecule has 0 aromatic rings. The third kappa shape index (κ3) is 1.20. The minimum Gasteiger partial charge on any atom is -0.305 e. The van der Waals surface area contributed by atoms with E-state index in [1.165, 1.54) is 32.4 Å². The van der Waals surface area contributed by atoms with Crippen LogP contribution >= 0.6 is 0 Å². The standard InChI is InChI=1S/C10H19N/c1-9(2)4-5-10(6-9)7-11(3)8-10/h4-8H2,1-3H3. The van der Waals surface area contributed by atoms with E-state index in [0.717, 1.165) is 5.41 Å². The zero-order valence-electron chi connectivity index (χ0n) is 7.98. The van der Waals surface area contributed by atoms with E-state index in [0.29, 0.717) is 5.41 Å². The van der Waals surface area contributed by atoms with Gasteiger partial charge in [0.2, 0.25) is 0 Å². The summed E-state index contributed by atoms with van der Waals surface area (Å²) in [6, 6.07) is 0. The molecule has 1 nitrogen and oxygen atoms in total. The van der Waals surface area contributed by atoms with Gasteiger partial charge in [-0.3, -0.25) is 0 Å². The molecule has 0 aromatic carbocycles. The van der Waals surface area contributed by atoms with Crippen molar-refractivity contribution in [2.24, 2.45) is 10.8 Å². The molecule has 2 fully saturated rings. The summed E-state index contributed by atoms with van der Waals surface area (Å²) >= 11 is 0. The van der Waals surface area contributed by atoms with E-state index in [4.69, 9.17) is 0 Å².